The molecule has 0 bridgehead atoms. The monoisotopic (exact) mass is 283 g/mol. The van der Waals surface area contributed by atoms with E-state index in [9.17, 15) is 0 Å². The third-order valence-electron chi connectivity index (χ3n) is 2.10. The fraction of sp³-hybridized carbons (Fsp3) is 0.200. The summed E-state index contributed by atoms with van der Waals surface area (Å²) in [6.07, 6.45) is 0. The second-order valence-electron chi connectivity index (χ2n) is 3.29. The van der Waals surface area contributed by atoms with Crippen LogP contribution in [0.3, 0.4) is 0 Å². The van der Waals surface area contributed by atoms with Gasteiger partial charge >= 0.3 is 0 Å². The predicted octanol–water partition coefficient (Wildman–Crippen LogP) is 2.20. The third kappa shape index (κ3) is 2.29. The average molecular weight is 284 g/mol. The molecule has 0 fully saturated rings. The molecule has 16 heavy (non-hydrogen) atoms. The van der Waals surface area contributed by atoms with E-state index < -0.39 is 0 Å². The van der Waals surface area contributed by atoms with Gasteiger partial charge in [0.15, 0.2) is 0 Å². The quantitative estimate of drug-likeness (QED) is 0.874. The van der Waals surface area contributed by atoms with E-state index >= 15 is 0 Å². The van der Waals surface area contributed by atoms with E-state index in [1.54, 1.807) is 0 Å². The maximum atomic E-state index is 4.95. The smallest absolute Gasteiger partial charge is 0.255 e. The van der Waals surface area contributed by atoms with E-state index in [1.807, 2.05) is 25.1 Å². The molecule has 1 heterocycles. The van der Waals surface area contributed by atoms with Crippen molar-refractivity contribution in [2.24, 2.45) is 5.90 Å². The summed E-state index contributed by atoms with van der Waals surface area (Å²) in [4.78, 5) is 8.55. The summed E-state index contributed by atoms with van der Waals surface area (Å²) in [7, 11) is 0. The fourth-order valence-electron chi connectivity index (χ4n) is 1.23. The zero-order chi connectivity index (χ0) is 11.5. The van der Waals surface area contributed by atoms with Gasteiger partial charge in [0.05, 0.1) is 0 Å². The summed E-state index contributed by atoms with van der Waals surface area (Å²) in [5.41, 5.74) is 2.03. The number of aryl methyl sites for hydroxylation is 1. The van der Waals surface area contributed by atoms with Crippen molar-refractivity contribution in [1.82, 2.24) is 10.1 Å². The van der Waals surface area contributed by atoms with Gasteiger partial charge in [-0.2, -0.15) is 4.98 Å². The normalized spacial score (nSPS) is 10.7. The Balaban J connectivity index is 2.31. The van der Waals surface area contributed by atoms with E-state index in [-0.39, 0.29) is 6.61 Å². The molecule has 2 aromatic rings. The van der Waals surface area contributed by atoms with Crippen LogP contribution < -0.4 is 5.90 Å². The minimum Gasteiger partial charge on any atom is -0.336 e. The number of nitrogens with zero attached hydrogens (tertiary/aromatic N) is 2. The number of aromatic nitrogens is 2. The highest BCUT2D eigenvalue weighted by molar-refractivity contribution is 9.10. The molecule has 1 aromatic heterocycles. The number of benzene rings is 1. The maximum Gasteiger partial charge on any atom is 0.255 e. The van der Waals surface area contributed by atoms with Crippen molar-refractivity contribution in [1.29, 1.82) is 0 Å². The first-order valence-corrected chi connectivity index (χ1v) is 5.41. The van der Waals surface area contributed by atoms with Crippen molar-refractivity contribution in [2.75, 3.05) is 0 Å². The molecule has 6 heteroatoms. The minimum absolute atomic E-state index is 0.111. The molecule has 0 saturated heterocycles. The van der Waals surface area contributed by atoms with E-state index in [1.165, 1.54) is 0 Å². The van der Waals surface area contributed by atoms with Crippen LogP contribution in [-0.4, -0.2) is 10.1 Å². The number of nitrogens with two attached hydrogens (primary N) is 1. The van der Waals surface area contributed by atoms with Gasteiger partial charge in [0, 0.05) is 10.0 Å². The third-order valence-corrected chi connectivity index (χ3v) is 2.96. The maximum absolute atomic E-state index is 4.95. The summed E-state index contributed by atoms with van der Waals surface area (Å²) in [6, 6.07) is 5.85. The lowest BCUT2D eigenvalue weighted by atomic mass is 10.1. The second-order valence-corrected chi connectivity index (χ2v) is 4.14. The molecule has 0 atom stereocenters. The van der Waals surface area contributed by atoms with Gasteiger partial charge in [0.25, 0.3) is 5.89 Å². The number of hydrogen-bond donors (Lipinski definition) is 1. The summed E-state index contributed by atoms with van der Waals surface area (Å²) in [5.74, 6) is 5.79. The number of halogens is 1. The Morgan fingerprint density at radius 2 is 2.31 bits per heavy atom. The first-order valence-electron chi connectivity index (χ1n) is 4.61. The van der Waals surface area contributed by atoms with Crippen LogP contribution in [0.15, 0.2) is 27.2 Å². The standard InChI is InChI=1S/C10H10BrN3O2/c1-6-2-3-7(4-8(6)11)10-13-9(5-15-12)16-14-10/h2-4H,5,12H2,1H3. The first kappa shape index (κ1) is 11.3. The lowest BCUT2D eigenvalue weighted by Crippen LogP contribution is -1.98. The first-order chi connectivity index (χ1) is 7.70. The van der Waals surface area contributed by atoms with Crippen molar-refractivity contribution in [3.63, 3.8) is 0 Å². The molecule has 0 aliphatic carbocycles. The lowest BCUT2D eigenvalue weighted by Gasteiger charge is -1.99. The molecule has 0 aliphatic heterocycles. The highest BCUT2D eigenvalue weighted by Crippen LogP contribution is 2.23. The van der Waals surface area contributed by atoms with Crippen LogP contribution in [0.5, 0.6) is 0 Å². The summed E-state index contributed by atoms with van der Waals surface area (Å²) in [5, 5.41) is 3.83. The fourth-order valence-corrected chi connectivity index (χ4v) is 1.61. The van der Waals surface area contributed by atoms with Crippen LogP contribution in [0.25, 0.3) is 11.4 Å². The highest BCUT2D eigenvalue weighted by Gasteiger charge is 2.09. The molecular weight excluding hydrogens is 274 g/mol. The van der Waals surface area contributed by atoms with Gasteiger partial charge in [-0.25, -0.2) is 5.90 Å². The molecule has 0 radical (unpaired) electrons. The van der Waals surface area contributed by atoms with Crippen LogP contribution in [0.4, 0.5) is 0 Å². The minimum atomic E-state index is 0.111. The Labute approximate surface area is 101 Å². The molecule has 5 nitrogen and oxygen atoms in total. The van der Waals surface area contributed by atoms with E-state index in [2.05, 4.69) is 30.9 Å². The van der Waals surface area contributed by atoms with Crippen LogP contribution in [-0.2, 0) is 11.4 Å². The molecule has 2 N–H and O–H groups in total. The lowest BCUT2D eigenvalue weighted by molar-refractivity contribution is 0.0996. The molecule has 1 aromatic carbocycles. The number of hydrogen-bond acceptors (Lipinski definition) is 5. The van der Waals surface area contributed by atoms with Crippen molar-refractivity contribution in [3.8, 4) is 11.4 Å². The van der Waals surface area contributed by atoms with Gasteiger partial charge in [0.1, 0.15) is 6.61 Å². The van der Waals surface area contributed by atoms with Crippen LogP contribution in [0, 0.1) is 6.92 Å². The molecule has 0 aliphatic rings. The van der Waals surface area contributed by atoms with Gasteiger partial charge in [-0.15, -0.1) is 0 Å². The second kappa shape index (κ2) is 4.73. The molecule has 84 valence electrons. The highest BCUT2D eigenvalue weighted by atomic mass is 79.9. The molecule has 0 unspecified atom stereocenters. The molecule has 2 rings (SSSR count). The zero-order valence-electron chi connectivity index (χ0n) is 8.61. The Morgan fingerprint density at radius 3 is 3.00 bits per heavy atom. The van der Waals surface area contributed by atoms with Crippen LogP contribution in [0.2, 0.25) is 0 Å². The topological polar surface area (TPSA) is 74.2 Å². The van der Waals surface area contributed by atoms with Crippen molar-refractivity contribution in [3.05, 3.63) is 34.1 Å². The van der Waals surface area contributed by atoms with E-state index in [0.717, 1.165) is 15.6 Å². The van der Waals surface area contributed by atoms with Gasteiger partial charge in [-0.1, -0.05) is 33.2 Å². The SMILES string of the molecule is Cc1ccc(-c2noc(CON)n2)cc1Br. The Morgan fingerprint density at radius 1 is 1.50 bits per heavy atom. The zero-order valence-corrected chi connectivity index (χ0v) is 10.2. The van der Waals surface area contributed by atoms with Gasteiger partial charge in [-0.05, 0) is 18.6 Å². The van der Waals surface area contributed by atoms with Gasteiger partial charge in [-0.3, -0.25) is 4.84 Å². The summed E-state index contributed by atoms with van der Waals surface area (Å²) < 4.78 is 5.95. The van der Waals surface area contributed by atoms with Crippen LogP contribution >= 0.6 is 15.9 Å². The predicted molar refractivity (Wildman–Crippen MR) is 61.1 cm³/mol. The number of rotatable bonds is 3. The van der Waals surface area contributed by atoms with Gasteiger partial charge in [0.2, 0.25) is 5.82 Å². The summed E-state index contributed by atoms with van der Waals surface area (Å²) >= 11 is 3.45. The molecular formula is C10H10BrN3O2. The van der Waals surface area contributed by atoms with Crippen molar-refractivity contribution < 1.29 is 9.36 Å². The van der Waals surface area contributed by atoms with E-state index in [0.29, 0.717) is 11.7 Å². The Kier molecular flexibility index (Phi) is 3.33. The van der Waals surface area contributed by atoms with Gasteiger partial charge < -0.3 is 4.52 Å². The molecule has 0 spiro atoms. The summed E-state index contributed by atoms with van der Waals surface area (Å²) in [6.45, 7) is 2.12. The Bertz CT molecular complexity index is 499. The van der Waals surface area contributed by atoms with Crippen LogP contribution in [0.1, 0.15) is 11.5 Å². The Hall–Kier alpha value is -1.24. The van der Waals surface area contributed by atoms with E-state index in [4.69, 9.17) is 10.4 Å². The molecule has 0 amide bonds. The average Bonchev–Trinajstić information content (AvgIpc) is 2.71. The van der Waals surface area contributed by atoms with Crippen molar-refractivity contribution >= 4 is 15.9 Å². The largest absolute Gasteiger partial charge is 0.336 e. The van der Waals surface area contributed by atoms with Crippen molar-refractivity contribution in [2.45, 2.75) is 13.5 Å². The molecule has 0 saturated carbocycles.